The number of imidazole rings is 1. The summed E-state index contributed by atoms with van der Waals surface area (Å²) >= 11 is 0. The van der Waals surface area contributed by atoms with Gasteiger partial charge in [0.1, 0.15) is 0 Å². The molecule has 5 heteroatoms. The number of hydrogen-bond donors (Lipinski definition) is 1. The number of aromatic amines is 1. The van der Waals surface area contributed by atoms with E-state index in [2.05, 4.69) is 69.5 Å². The molecule has 0 spiro atoms. The fraction of sp³-hybridized carbons (Fsp3) is 0.161. The Bertz CT molecular complexity index is 1490. The number of amides is 1. The van der Waals surface area contributed by atoms with E-state index in [1.807, 2.05) is 47.5 Å². The van der Waals surface area contributed by atoms with Crippen molar-refractivity contribution >= 4 is 22.4 Å². The molecule has 1 amide bonds. The molecule has 0 radical (unpaired) electrons. The Labute approximate surface area is 211 Å². The van der Waals surface area contributed by atoms with Crippen molar-refractivity contribution in [3.05, 3.63) is 120 Å². The van der Waals surface area contributed by atoms with Crippen molar-refractivity contribution in [3.63, 3.8) is 0 Å². The van der Waals surface area contributed by atoms with Crippen molar-refractivity contribution in [1.29, 1.82) is 0 Å². The van der Waals surface area contributed by atoms with Crippen LogP contribution in [0.4, 0.5) is 5.69 Å². The summed E-state index contributed by atoms with van der Waals surface area (Å²) in [7, 11) is 0. The average molecular weight is 473 g/mol. The molecule has 1 aromatic heterocycles. The summed E-state index contributed by atoms with van der Waals surface area (Å²) in [5.74, 6) is 0.0817. The topological polar surface area (TPSA) is 52.2 Å². The van der Waals surface area contributed by atoms with Crippen LogP contribution in [0, 0.1) is 0 Å². The van der Waals surface area contributed by atoms with Crippen LogP contribution in [-0.2, 0) is 13.0 Å². The van der Waals surface area contributed by atoms with Gasteiger partial charge in [-0.05, 0) is 45.7 Å². The quantitative estimate of drug-likeness (QED) is 0.345. The van der Waals surface area contributed by atoms with Gasteiger partial charge in [-0.15, -0.1) is 0 Å². The van der Waals surface area contributed by atoms with Crippen LogP contribution in [0.3, 0.4) is 0 Å². The maximum absolute atomic E-state index is 13.9. The molecular weight excluding hydrogens is 444 g/mol. The number of fused-ring (bicyclic) bond motifs is 2. The highest BCUT2D eigenvalue weighted by Gasteiger charge is 2.25. The first-order valence-electron chi connectivity index (χ1n) is 12.4. The number of benzene rings is 4. The Morgan fingerprint density at radius 2 is 1.69 bits per heavy atom. The zero-order chi connectivity index (χ0) is 24.3. The van der Waals surface area contributed by atoms with Crippen LogP contribution in [0.5, 0.6) is 0 Å². The van der Waals surface area contributed by atoms with Crippen LogP contribution < -0.4 is 4.90 Å². The summed E-state index contributed by atoms with van der Waals surface area (Å²) < 4.78 is 0. The van der Waals surface area contributed by atoms with E-state index < -0.39 is 0 Å². The second kappa shape index (κ2) is 9.70. The second-order valence-corrected chi connectivity index (χ2v) is 9.28. The predicted octanol–water partition coefficient (Wildman–Crippen LogP) is 5.94. The highest BCUT2D eigenvalue weighted by molar-refractivity contribution is 6.07. The Morgan fingerprint density at radius 3 is 2.56 bits per heavy atom. The fourth-order valence-electron chi connectivity index (χ4n) is 5.14. The minimum absolute atomic E-state index is 0.0817. The second-order valence-electron chi connectivity index (χ2n) is 9.28. The fourth-order valence-corrected chi connectivity index (χ4v) is 5.14. The number of anilines is 1. The lowest BCUT2D eigenvalue weighted by Gasteiger charge is -2.25. The molecule has 0 saturated heterocycles. The van der Waals surface area contributed by atoms with Gasteiger partial charge in [0, 0.05) is 55.7 Å². The highest BCUT2D eigenvalue weighted by atomic mass is 16.2. The van der Waals surface area contributed by atoms with E-state index in [0.29, 0.717) is 13.1 Å². The van der Waals surface area contributed by atoms with Gasteiger partial charge in [0.05, 0.1) is 6.33 Å². The van der Waals surface area contributed by atoms with Gasteiger partial charge in [-0.3, -0.25) is 4.79 Å². The van der Waals surface area contributed by atoms with Crippen LogP contribution in [0.1, 0.15) is 21.6 Å². The standard InChI is InChI=1S/C31H28N4O/c36-31(29-12-6-10-24-9-4-5-11-28(24)29)35-18-17-34(16-15-27-20-32-22-33-27)30-14-13-25(19-26(30)21-35)23-7-2-1-3-8-23/h1-14,19-20,22H,15-18,21H2,(H,32,33). The number of carbonyl (C=O) groups is 1. The third-order valence-electron chi connectivity index (χ3n) is 7.04. The van der Waals surface area contributed by atoms with E-state index in [4.69, 9.17) is 0 Å². The van der Waals surface area contributed by atoms with E-state index in [1.165, 1.54) is 22.4 Å². The number of nitrogens with one attached hydrogen (secondary N) is 1. The molecule has 178 valence electrons. The molecule has 5 aromatic rings. The van der Waals surface area contributed by atoms with Gasteiger partial charge in [-0.2, -0.15) is 0 Å². The van der Waals surface area contributed by atoms with Gasteiger partial charge in [0.25, 0.3) is 5.91 Å². The number of rotatable bonds is 5. The lowest BCUT2D eigenvalue weighted by molar-refractivity contribution is 0.0753. The minimum Gasteiger partial charge on any atom is -0.369 e. The summed E-state index contributed by atoms with van der Waals surface area (Å²) in [6, 6.07) is 31.2. The zero-order valence-corrected chi connectivity index (χ0v) is 20.1. The normalized spacial score (nSPS) is 13.4. The first-order chi connectivity index (χ1) is 17.8. The van der Waals surface area contributed by atoms with Crippen LogP contribution in [0.2, 0.25) is 0 Å². The van der Waals surface area contributed by atoms with E-state index in [9.17, 15) is 4.79 Å². The zero-order valence-electron chi connectivity index (χ0n) is 20.1. The number of nitrogens with zero attached hydrogens (tertiary/aromatic N) is 3. The highest BCUT2D eigenvalue weighted by Crippen LogP contribution is 2.31. The first-order valence-corrected chi connectivity index (χ1v) is 12.4. The molecule has 0 fully saturated rings. The molecule has 1 N–H and O–H groups in total. The molecule has 0 saturated carbocycles. The summed E-state index contributed by atoms with van der Waals surface area (Å²) in [5, 5.41) is 2.09. The van der Waals surface area contributed by atoms with Crippen molar-refractivity contribution in [2.24, 2.45) is 0 Å². The Hall–Kier alpha value is -4.38. The van der Waals surface area contributed by atoms with Crippen molar-refractivity contribution in [2.45, 2.75) is 13.0 Å². The van der Waals surface area contributed by atoms with Gasteiger partial charge >= 0.3 is 0 Å². The van der Waals surface area contributed by atoms with E-state index >= 15 is 0 Å². The summed E-state index contributed by atoms with van der Waals surface area (Å²) in [6.45, 7) is 2.89. The number of hydrogen-bond acceptors (Lipinski definition) is 3. The van der Waals surface area contributed by atoms with Gasteiger partial charge in [-0.25, -0.2) is 4.98 Å². The maximum atomic E-state index is 13.9. The van der Waals surface area contributed by atoms with Crippen molar-refractivity contribution in [1.82, 2.24) is 14.9 Å². The van der Waals surface area contributed by atoms with Gasteiger partial charge in [0.2, 0.25) is 0 Å². The monoisotopic (exact) mass is 472 g/mol. The number of carbonyl (C=O) groups excluding carboxylic acids is 1. The van der Waals surface area contributed by atoms with Crippen LogP contribution in [0.25, 0.3) is 21.9 Å². The van der Waals surface area contributed by atoms with Crippen molar-refractivity contribution in [2.75, 3.05) is 24.5 Å². The van der Waals surface area contributed by atoms with E-state index in [0.717, 1.165) is 41.5 Å². The molecule has 4 aromatic carbocycles. The van der Waals surface area contributed by atoms with Gasteiger partial charge < -0.3 is 14.8 Å². The molecule has 0 unspecified atom stereocenters. The number of H-pyrrole nitrogens is 1. The largest absolute Gasteiger partial charge is 0.369 e. The summed E-state index contributed by atoms with van der Waals surface area (Å²) in [4.78, 5) is 25.7. The average Bonchev–Trinajstić information content (AvgIpc) is 3.39. The van der Waals surface area contributed by atoms with Crippen LogP contribution >= 0.6 is 0 Å². The third-order valence-corrected chi connectivity index (χ3v) is 7.04. The smallest absolute Gasteiger partial charge is 0.254 e. The van der Waals surface area contributed by atoms with Crippen molar-refractivity contribution in [3.8, 4) is 11.1 Å². The van der Waals surface area contributed by atoms with Crippen molar-refractivity contribution < 1.29 is 4.79 Å². The van der Waals surface area contributed by atoms with Crippen LogP contribution in [-0.4, -0.2) is 40.4 Å². The molecule has 6 rings (SSSR count). The van der Waals surface area contributed by atoms with Gasteiger partial charge in [0.15, 0.2) is 0 Å². The maximum Gasteiger partial charge on any atom is 0.254 e. The van der Waals surface area contributed by atoms with Gasteiger partial charge in [-0.1, -0.05) is 72.8 Å². The predicted molar refractivity (Wildman–Crippen MR) is 145 cm³/mol. The molecule has 5 nitrogen and oxygen atoms in total. The molecule has 1 aliphatic rings. The van der Waals surface area contributed by atoms with Crippen LogP contribution in [0.15, 0.2) is 104 Å². The lowest BCUT2D eigenvalue weighted by Crippen LogP contribution is -2.36. The molecule has 1 aliphatic heterocycles. The lowest BCUT2D eigenvalue weighted by atomic mass is 10.0. The molecule has 0 bridgehead atoms. The molecule has 36 heavy (non-hydrogen) atoms. The molecule has 0 atom stereocenters. The Balaban J connectivity index is 1.36. The first kappa shape index (κ1) is 22.1. The molecule has 2 heterocycles. The minimum atomic E-state index is 0.0817. The summed E-state index contributed by atoms with van der Waals surface area (Å²) in [6.07, 6.45) is 4.48. The third kappa shape index (κ3) is 4.36. The van der Waals surface area contributed by atoms with E-state index in [1.54, 1.807) is 6.33 Å². The Kier molecular flexibility index (Phi) is 5.96. The molecule has 0 aliphatic carbocycles. The summed E-state index contributed by atoms with van der Waals surface area (Å²) in [5.41, 5.74) is 6.60. The Morgan fingerprint density at radius 1 is 0.861 bits per heavy atom. The number of aromatic nitrogens is 2. The SMILES string of the molecule is O=C(c1cccc2ccccc12)N1CCN(CCc2cnc[nH]2)c2ccc(-c3ccccc3)cc2C1. The van der Waals surface area contributed by atoms with E-state index in [-0.39, 0.29) is 5.91 Å². The molecular formula is C31H28N4O.